The molecule has 1 amide bonds. The van der Waals surface area contributed by atoms with Gasteiger partial charge in [-0.05, 0) is 45.7 Å². The molecule has 1 N–H and O–H groups in total. The van der Waals surface area contributed by atoms with E-state index in [1.807, 2.05) is 43.2 Å². The van der Waals surface area contributed by atoms with E-state index in [0.29, 0.717) is 0 Å². The van der Waals surface area contributed by atoms with E-state index in [4.69, 9.17) is 9.72 Å². The normalized spacial score (nSPS) is 17.8. The summed E-state index contributed by atoms with van der Waals surface area (Å²) in [5.74, 6) is 0.00948. The Kier molecular flexibility index (Phi) is 5.06. The van der Waals surface area contributed by atoms with Crippen LogP contribution in [0.2, 0.25) is 0 Å². The molecule has 7 heteroatoms. The van der Waals surface area contributed by atoms with Gasteiger partial charge < -0.3 is 15.0 Å². The zero-order valence-corrected chi connectivity index (χ0v) is 15.9. The first-order valence-corrected chi connectivity index (χ1v) is 9.30. The van der Waals surface area contributed by atoms with Crippen molar-refractivity contribution < 1.29 is 9.53 Å². The number of nitrogens with one attached hydrogen (secondary N) is 1. The van der Waals surface area contributed by atoms with Crippen LogP contribution >= 0.6 is 11.3 Å². The molecule has 0 aromatic carbocycles. The molecule has 1 fully saturated rings. The number of aryl methyl sites for hydroxylation is 1. The van der Waals surface area contributed by atoms with Gasteiger partial charge in [0.15, 0.2) is 5.13 Å². The topological polar surface area (TPSA) is 67.3 Å². The van der Waals surface area contributed by atoms with Crippen LogP contribution < -0.4 is 5.32 Å². The molecular formula is C18H24N4O2S. The maximum Gasteiger partial charge on any atom is 0.254 e. The van der Waals surface area contributed by atoms with E-state index in [9.17, 15) is 4.79 Å². The van der Waals surface area contributed by atoms with Crippen molar-refractivity contribution in [3.8, 4) is 0 Å². The maximum absolute atomic E-state index is 12.9. The molecule has 2 aromatic heterocycles. The van der Waals surface area contributed by atoms with Gasteiger partial charge in [0, 0.05) is 36.6 Å². The first kappa shape index (κ1) is 17.8. The first-order chi connectivity index (χ1) is 11.9. The van der Waals surface area contributed by atoms with Crippen molar-refractivity contribution in [2.45, 2.75) is 45.3 Å². The molecule has 0 saturated carbocycles. The van der Waals surface area contributed by atoms with Crippen LogP contribution in [0.1, 0.15) is 44.1 Å². The molecule has 0 radical (unpaired) electrons. The van der Waals surface area contributed by atoms with Crippen LogP contribution in [0.25, 0.3) is 0 Å². The number of ether oxygens (including phenoxy) is 1. The Labute approximate surface area is 152 Å². The number of thiazole rings is 1. The van der Waals surface area contributed by atoms with E-state index >= 15 is 0 Å². The number of rotatable bonds is 5. The van der Waals surface area contributed by atoms with E-state index in [0.717, 1.165) is 41.6 Å². The molecule has 134 valence electrons. The summed E-state index contributed by atoms with van der Waals surface area (Å²) in [5.41, 5.74) is 1.95. The average Bonchev–Trinajstić information content (AvgIpc) is 3.24. The third-order valence-electron chi connectivity index (χ3n) is 4.54. The number of methoxy groups -OCH3 is 1. The molecule has 1 saturated heterocycles. The number of amides is 1. The maximum atomic E-state index is 12.9. The lowest BCUT2D eigenvalue weighted by Gasteiger charge is -2.32. The van der Waals surface area contributed by atoms with Crippen molar-refractivity contribution in [1.29, 1.82) is 0 Å². The first-order valence-electron chi connectivity index (χ1n) is 8.42. The summed E-state index contributed by atoms with van der Waals surface area (Å²) in [6, 6.07) is 3.99. The molecule has 25 heavy (non-hydrogen) atoms. The SMILES string of the molecule is COC(C)(C)C(=O)N1CCC[C@H]1c1cc(Nc2nccs2)cc(C)n1. The molecule has 1 aliphatic rings. The number of pyridine rings is 1. The minimum Gasteiger partial charge on any atom is -0.369 e. The van der Waals surface area contributed by atoms with Crippen LogP contribution in [0.15, 0.2) is 23.7 Å². The quantitative estimate of drug-likeness (QED) is 0.881. The number of anilines is 2. The van der Waals surface area contributed by atoms with Crippen molar-refractivity contribution in [1.82, 2.24) is 14.9 Å². The molecule has 0 unspecified atom stereocenters. The number of nitrogens with zero attached hydrogens (tertiary/aromatic N) is 3. The van der Waals surface area contributed by atoms with Crippen LogP contribution in [0.5, 0.6) is 0 Å². The van der Waals surface area contributed by atoms with Crippen LogP contribution in [-0.2, 0) is 9.53 Å². The van der Waals surface area contributed by atoms with Gasteiger partial charge in [0.1, 0.15) is 5.60 Å². The van der Waals surface area contributed by atoms with Crippen molar-refractivity contribution in [2.24, 2.45) is 0 Å². The Morgan fingerprint density at radius 3 is 2.92 bits per heavy atom. The van der Waals surface area contributed by atoms with Gasteiger partial charge in [0.2, 0.25) is 0 Å². The smallest absolute Gasteiger partial charge is 0.254 e. The lowest BCUT2D eigenvalue weighted by atomic mass is 10.0. The molecule has 0 bridgehead atoms. The predicted octanol–water partition coefficient (Wildman–Crippen LogP) is 3.68. The number of carbonyl (C=O) groups is 1. The van der Waals surface area contributed by atoms with Crippen LogP contribution in [0.4, 0.5) is 10.8 Å². The third-order valence-corrected chi connectivity index (χ3v) is 5.23. The summed E-state index contributed by atoms with van der Waals surface area (Å²) in [7, 11) is 1.57. The summed E-state index contributed by atoms with van der Waals surface area (Å²) in [5, 5.41) is 6.09. The second-order valence-electron chi connectivity index (χ2n) is 6.76. The number of carbonyl (C=O) groups excluding carboxylic acids is 1. The van der Waals surface area contributed by atoms with E-state index in [-0.39, 0.29) is 11.9 Å². The summed E-state index contributed by atoms with van der Waals surface area (Å²) in [4.78, 5) is 23.7. The molecule has 2 aromatic rings. The van der Waals surface area contributed by atoms with Gasteiger partial charge >= 0.3 is 0 Å². The Hall–Kier alpha value is -1.99. The van der Waals surface area contributed by atoms with Crippen LogP contribution in [0, 0.1) is 6.92 Å². The van der Waals surface area contributed by atoms with E-state index in [1.54, 1.807) is 24.6 Å². The highest BCUT2D eigenvalue weighted by atomic mass is 32.1. The van der Waals surface area contributed by atoms with E-state index in [2.05, 4.69) is 10.3 Å². The van der Waals surface area contributed by atoms with Gasteiger partial charge in [-0.1, -0.05) is 0 Å². The van der Waals surface area contributed by atoms with Gasteiger partial charge in [-0.2, -0.15) is 0 Å². The van der Waals surface area contributed by atoms with Crippen LogP contribution in [0.3, 0.4) is 0 Å². The zero-order valence-electron chi connectivity index (χ0n) is 15.1. The highest BCUT2D eigenvalue weighted by molar-refractivity contribution is 7.13. The minimum atomic E-state index is -0.825. The lowest BCUT2D eigenvalue weighted by Crippen LogP contribution is -2.46. The largest absolute Gasteiger partial charge is 0.369 e. The van der Waals surface area contributed by atoms with Gasteiger partial charge in [-0.15, -0.1) is 11.3 Å². The summed E-state index contributed by atoms with van der Waals surface area (Å²) < 4.78 is 5.38. The zero-order chi connectivity index (χ0) is 18.0. The fourth-order valence-corrected chi connectivity index (χ4v) is 3.65. The lowest BCUT2D eigenvalue weighted by molar-refractivity contribution is -0.152. The molecule has 3 rings (SSSR count). The van der Waals surface area contributed by atoms with E-state index < -0.39 is 5.60 Å². The second kappa shape index (κ2) is 7.09. The molecular weight excluding hydrogens is 336 g/mol. The van der Waals surface area contributed by atoms with Gasteiger partial charge in [0.05, 0.1) is 11.7 Å². The highest BCUT2D eigenvalue weighted by Crippen LogP contribution is 2.35. The number of hydrogen-bond donors (Lipinski definition) is 1. The molecule has 1 aliphatic heterocycles. The standard InChI is InChI=1S/C18H24N4O2S/c1-12-10-13(21-17-19-7-9-25-17)11-14(20-12)15-6-5-8-22(15)16(23)18(2,3)24-4/h7,9-11,15H,5-6,8H2,1-4H3,(H,19,20,21)/t15-/m0/s1. The molecule has 6 nitrogen and oxygen atoms in total. The van der Waals surface area contributed by atoms with E-state index in [1.165, 1.54) is 0 Å². The Morgan fingerprint density at radius 1 is 1.44 bits per heavy atom. The van der Waals surface area contributed by atoms with Crippen molar-refractivity contribution in [3.05, 3.63) is 35.1 Å². The minimum absolute atomic E-state index is 0.00948. The fraction of sp³-hybridized carbons (Fsp3) is 0.500. The molecule has 1 atom stereocenters. The Bertz CT molecular complexity index is 746. The van der Waals surface area contributed by atoms with Crippen molar-refractivity contribution in [3.63, 3.8) is 0 Å². The number of aromatic nitrogens is 2. The number of hydrogen-bond acceptors (Lipinski definition) is 6. The highest BCUT2D eigenvalue weighted by Gasteiger charge is 2.39. The van der Waals surface area contributed by atoms with Crippen molar-refractivity contribution in [2.75, 3.05) is 19.0 Å². The Morgan fingerprint density at radius 2 is 2.24 bits per heavy atom. The molecule has 0 spiro atoms. The summed E-state index contributed by atoms with van der Waals surface area (Å²) >= 11 is 1.55. The summed E-state index contributed by atoms with van der Waals surface area (Å²) in [6.07, 6.45) is 3.66. The monoisotopic (exact) mass is 360 g/mol. The second-order valence-corrected chi connectivity index (χ2v) is 7.65. The van der Waals surface area contributed by atoms with Crippen LogP contribution in [-0.4, -0.2) is 40.0 Å². The average molecular weight is 360 g/mol. The number of likely N-dealkylation sites (tertiary alicyclic amines) is 1. The summed E-state index contributed by atoms with van der Waals surface area (Å²) in [6.45, 7) is 6.32. The fourth-order valence-electron chi connectivity index (χ4n) is 3.10. The molecule has 0 aliphatic carbocycles. The van der Waals surface area contributed by atoms with Crippen molar-refractivity contribution >= 4 is 28.1 Å². The van der Waals surface area contributed by atoms with Gasteiger partial charge in [0.25, 0.3) is 5.91 Å². The van der Waals surface area contributed by atoms with Gasteiger partial charge in [-0.3, -0.25) is 9.78 Å². The molecule has 3 heterocycles. The Balaban J connectivity index is 1.87. The van der Waals surface area contributed by atoms with Gasteiger partial charge in [-0.25, -0.2) is 4.98 Å². The predicted molar refractivity (Wildman–Crippen MR) is 99.1 cm³/mol. The third kappa shape index (κ3) is 3.82.